The zero-order valence-electron chi connectivity index (χ0n) is 38.6. The molecule has 0 saturated carbocycles. The molecule has 2 amide bonds. The van der Waals surface area contributed by atoms with Crippen LogP contribution in [0.15, 0.2) is 182 Å². The highest BCUT2D eigenvalue weighted by Gasteiger charge is 2.54. The lowest BCUT2D eigenvalue weighted by Crippen LogP contribution is -2.68. The molecule has 2 saturated heterocycles. The molecule has 17 heteroatoms. The van der Waals surface area contributed by atoms with Crippen molar-refractivity contribution in [2.45, 2.75) is 62.2 Å². The Hall–Kier alpha value is -8.38. The summed E-state index contributed by atoms with van der Waals surface area (Å²) in [5.74, 6) is -3.19. The van der Waals surface area contributed by atoms with E-state index in [-0.39, 0.29) is 42.1 Å². The van der Waals surface area contributed by atoms with Crippen LogP contribution in [0.3, 0.4) is 0 Å². The van der Waals surface area contributed by atoms with Crippen LogP contribution in [-0.2, 0) is 55.8 Å². The van der Waals surface area contributed by atoms with Crippen molar-refractivity contribution in [2.24, 2.45) is 0 Å². The molecule has 0 unspecified atom stereocenters. The Morgan fingerprint density at radius 1 is 0.458 bits per heavy atom. The van der Waals surface area contributed by atoms with E-state index >= 15 is 0 Å². The highest BCUT2D eigenvalue weighted by atomic mass is 16.7. The van der Waals surface area contributed by atoms with Crippen LogP contribution >= 0.6 is 0 Å². The molecule has 0 aliphatic carbocycles. The van der Waals surface area contributed by atoms with Crippen molar-refractivity contribution in [1.82, 2.24) is 10.6 Å². The molecule has 8 atom stereocenters. The molecule has 72 heavy (non-hydrogen) atoms. The first-order valence-corrected chi connectivity index (χ1v) is 23.0. The number of carbonyl (C=O) groups is 6. The molecule has 0 bridgehead atoms. The van der Waals surface area contributed by atoms with E-state index in [9.17, 15) is 28.8 Å². The molecule has 370 valence electrons. The number of hydrogen-bond donors (Lipinski definition) is 2. The molecule has 0 radical (unpaired) electrons. The summed E-state index contributed by atoms with van der Waals surface area (Å²) in [5.41, 5.74) is 2.03. The first kappa shape index (κ1) is 50.0. The summed E-state index contributed by atoms with van der Waals surface area (Å²) in [6.45, 7) is -1.39. The van der Waals surface area contributed by atoms with Crippen LogP contribution in [0.4, 0.5) is 9.59 Å². The van der Waals surface area contributed by atoms with E-state index in [1.807, 2.05) is 6.07 Å². The molecule has 2 heterocycles. The molecular formula is C55H50N2O15. The molecular weight excluding hydrogens is 929 g/mol. The molecule has 2 aliphatic heterocycles. The number of rotatable bonds is 18. The Bertz CT molecular complexity index is 2720. The van der Waals surface area contributed by atoms with Crippen LogP contribution in [-0.4, -0.2) is 105 Å². The summed E-state index contributed by atoms with van der Waals surface area (Å²) in [5, 5.41) is 5.38. The van der Waals surface area contributed by atoms with Gasteiger partial charge in [0.05, 0.1) is 35.4 Å². The van der Waals surface area contributed by atoms with Gasteiger partial charge < -0.3 is 53.3 Å². The van der Waals surface area contributed by atoms with Gasteiger partial charge in [-0.1, -0.05) is 133 Å². The molecule has 6 aromatic rings. The molecule has 2 aliphatic rings. The van der Waals surface area contributed by atoms with Gasteiger partial charge in [-0.15, -0.1) is 0 Å². The van der Waals surface area contributed by atoms with Crippen molar-refractivity contribution in [3.63, 3.8) is 0 Å². The van der Waals surface area contributed by atoms with Gasteiger partial charge in [0.15, 0.2) is 24.6 Å². The van der Waals surface area contributed by atoms with Crippen LogP contribution in [0.1, 0.15) is 52.6 Å². The third-order valence-electron chi connectivity index (χ3n) is 11.5. The number of hydrogen-bond acceptors (Lipinski definition) is 15. The number of amides is 2. The molecule has 17 nitrogen and oxygen atoms in total. The Morgan fingerprint density at radius 2 is 0.889 bits per heavy atom. The van der Waals surface area contributed by atoms with Crippen molar-refractivity contribution >= 4 is 36.1 Å². The molecule has 6 aromatic carbocycles. The smallest absolute Gasteiger partial charge is 0.407 e. The van der Waals surface area contributed by atoms with Gasteiger partial charge in [-0.05, 0) is 59.7 Å². The number of benzene rings is 6. The minimum absolute atomic E-state index is 0.0915. The summed E-state index contributed by atoms with van der Waals surface area (Å²) in [6.07, 6.45) is -12.0. The van der Waals surface area contributed by atoms with E-state index in [4.69, 9.17) is 42.6 Å². The maximum atomic E-state index is 14.2. The van der Waals surface area contributed by atoms with E-state index in [0.29, 0.717) is 11.1 Å². The SMILES string of the molecule is O=C(NC[C@@H]1O[C@H](O[C@H]2[C@@H](OC(=O)c3ccccc3)CO[C@@H]2COC(=O)c2ccccc2)[C@H](NC(=O)OCc2ccccc2)[C@@H](OC(=O)c2ccccc2)[C@@H]1OC(=O)c1ccccc1)OCc1ccccc1. The topological polar surface area (TPSA) is 210 Å². The number of carbonyl (C=O) groups excluding carboxylic acids is 6. The summed E-state index contributed by atoms with van der Waals surface area (Å²) >= 11 is 0. The van der Waals surface area contributed by atoms with Crippen molar-refractivity contribution < 1.29 is 71.4 Å². The van der Waals surface area contributed by atoms with Crippen molar-refractivity contribution in [3.8, 4) is 0 Å². The number of nitrogens with one attached hydrogen (secondary N) is 2. The quantitative estimate of drug-likeness (QED) is 0.0642. The first-order chi connectivity index (χ1) is 35.2. The molecule has 2 N–H and O–H groups in total. The Labute approximate surface area is 414 Å². The number of esters is 4. The fourth-order valence-electron chi connectivity index (χ4n) is 7.83. The van der Waals surface area contributed by atoms with Crippen molar-refractivity contribution in [1.29, 1.82) is 0 Å². The summed E-state index contributed by atoms with van der Waals surface area (Å²) in [7, 11) is 0. The van der Waals surface area contributed by atoms with Gasteiger partial charge >= 0.3 is 36.1 Å². The van der Waals surface area contributed by atoms with Gasteiger partial charge in [-0.3, -0.25) is 0 Å². The minimum Gasteiger partial charge on any atom is -0.459 e. The predicted molar refractivity (Wildman–Crippen MR) is 255 cm³/mol. The second-order valence-corrected chi connectivity index (χ2v) is 16.4. The van der Waals surface area contributed by atoms with Crippen LogP contribution < -0.4 is 10.6 Å². The maximum absolute atomic E-state index is 14.2. The van der Waals surface area contributed by atoms with Crippen LogP contribution in [0.5, 0.6) is 0 Å². The lowest BCUT2D eigenvalue weighted by molar-refractivity contribution is -0.283. The average Bonchev–Trinajstić information content (AvgIpc) is 3.80. The standard InChI is InChI=1S/C55H50N2O15/c58-49(38-23-11-3-12-24-38)65-34-43-46(44(35-64-43)68-50(59)39-25-13-4-14-26-39)72-53-45(57-55(63)67-33-37-21-9-2-10-22-37)48(71-52(61)41-29-17-6-18-30-41)47(70-51(60)40-27-15-5-16-28-40)42(69-53)31-56-54(62)66-32-36-19-7-1-8-20-36/h1-30,42-48,53H,31-35H2,(H,56,62)(H,57,63)/t42-,43+,44-,45+,46+,47+,48+,53+/m0/s1. The van der Waals surface area contributed by atoms with Crippen molar-refractivity contribution in [3.05, 3.63) is 215 Å². The Morgan fingerprint density at radius 3 is 1.39 bits per heavy atom. The normalized spacial score (nSPS) is 21.2. The van der Waals surface area contributed by atoms with E-state index in [2.05, 4.69) is 10.6 Å². The van der Waals surface area contributed by atoms with Crippen molar-refractivity contribution in [2.75, 3.05) is 19.8 Å². The maximum Gasteiger partial charge on any atom is 0.407 e. The summed E-state index contributed by atoms with van der Waals surface area (Å²) in [6, 6.07) is 48.5. The fraction of sp³-hybridized carbons (Fsp3) is 0.236. The lowest BCUT2D eigenvalue weighted by Gasteiger charge is -2.46. The van der Waals surface area contributed by atoms with E-state index in [1.54, 1.807) is 152 Å². The van der Waals surface area contributed by atoms with E-state index in [1.165, 1.54) is 24.3 Å². The van der Waals surface area contributed by atoms with Gasteiger partial charge in [0.1, 0.15) is 44.2 Å². The second-order valence-electron chi connectivity index (χ2n) is 16.4. The monoisotopic (exact) mass is 978 g/mol. The molecule has 2 fully saturated rings. The van der Waals surface area contributed by atoms with Crippen LogP contribution in [0.2, 0.25) is 0 Å². The third-order valence-corrected chi connectivity index (χ3v) is 11.5. The summed E-state index contributed by atoms with van der Waals surface area (Å²) < 4.78 is 54.8. The first-order valence-electron chi connectivity index (χ1n) is 23.0. The van der Waals surface area contributed by atoms with Crippen LogP contribution in [0, 0.1) is 0 Å². The highest BCUT2D eigenvalue weighted by Crippen LogP contribution is 2.33. The molecule has 8 rings (SSSR count). The predicted octanol–water partition coefficient (Wildman–Crippen LogP) is 7.25. The number of alkyl carbamates (subject to hydrolysis) is 2. The average molecular weight is 979 g/mol. The number of ether oxygens (including phenoxy) is 9. The Balaban J connectivity index is 1.16. The van der Waals surface area contributed by atoms with Gasteiger partial charge in [0, 0.05) is 0 Å². The minimum atomic E-state index is -1.72. The highest BCUT2D eigenvalue weighted by molar-refractivity contribution is 5.91. The summed E-state index contributed by atoms with van der Waals surface area (Å²) in [4.78, 5) is 82.5. The Kier molecular flexibility index (Phi) is 17.3. The second kappa shape index (κ2) is 25.0. The van der Waals surface area contributed by atoms with E-state index < -0.39 is 98.2 Å². The lowest BCUT2D eigenvalue weighted by atomic mass is 9.95. The van der Waals surface area contributed by atoms with Gasteiger partial charge in [-0.2, -0.15) is 0 Å². The van der Waals surface area contributed by atoms with Gasteiger partial charge in [0.25, 0.3) is 0 Å². The zero-order chi connectivity index (χ0) is 50.1. The van der Waals surface area contributed by atoms with Crippen LogP contribution in [0.25, 0.3) is 0 Å². The van der Waals surface area contributed by atoms with E-state index in [0.717, 1.165) is 0 Å². The molecule has 0 spiro atoms. The molecule has 0 aromatic heterocycles. The largest absolute Gasteiger partial charge is 0.459 e. The fourth-order valence-corrected chi connectivity index (χ4v) is 7.83. The van der Waals surface area contributed by atoms with Gasteiger partial charge in [-0.25, -0.2) is 28.8 Å². The third kappa shape index (κ3) is 13.7. The zero-order valence-corrected chi connectivity index (χ0v) is 38.6. The van der Waals surface area contributed by atoms with Gasteiger partial charge in [0.2, 0.25) is 0 Å².